The van der Waals surface area contributed by atoms with Crippen LogP contribution in [0.25, 0.3) is 11.3 Å². The van der Waals surface area contributed by atoms with Crippen LogP contribution in [-0.2, 0) is 6.16 Å². The molecule has 0 saturated carbocycles. The van der Waals surface area contributed by atoms with Crippen LogP contribution in [0.1, 0.15) is 5.56 Å². The minimum Gasteiger partial charge on any atom is -0.256 e. The fourth-order valence-electron chi connectivity index (χ4n) is 1.39. The molecule has 0 N–H and O–H groups in total. The number of aromatic nitrogens is 1. The number of hydrogen-bond acceptors (Lipinski definition) is 1. The lowest BCUT2D eigenvalue weighted by Gasteiger charge is -2.02. The van der Waals surface area contributed by atoms with Crippen molar-refractivity contribution in [1.29, 1.82) is 0 Å². The van der Waals surface area contributed by atoms with E-state index >= 15 is 0 Å². The Balaban J connectivity index is 2.42. The van der Waals surface area contributed by atoms with E-state index in [2.05, 4.69) is 38.5 Å². The van der Waals surface area contributed by atoms with Crippen LogP contribution >= 0.6 is 9.24 Å². The molecule has 1 heterocycles. The van der Waals surface area contributed by atoms with Crippen molar-refractivity contribution < 1.29 is 0 Å². The van der Waals surface area contributed by atoms with E-state index in [1.54, 1.807) is 0 Å². The zero-order chi connectivity index (χ0) is 9.80. The van der Waals surface area contributed by atoms with Gasteiger partial charge < -0.3 is 0 Å². The zero-order valence-electron chi connectivity index (χ0n) is 7.85. The summed E-state index contributed by atoms with van der Waals surface area (Å²) >= 11 is 0. The van der Waals surface area contributed by atoms with Gasteiger partial charge in [-0.3, -0.25) is 4.98 Å². The minimum atomic E-state index is 0.987. The Labute approximate surface area is 86.4 Å². The summed E-state index contributed by atoms with van der Waals surface area (Å²) in [6, 6.07) is 14.4. The maximum Gasteiger partial charge on any atom is 0.0702 e. The fraction of sp³-hybridized carbons (Fsp3) is 0.0833. The van der Waals surface area contributed by atoms with Crippen molar-refractivity contribution in [2.24, 2.45) is 0 Å². The first kappa shape index (κ1) is 9.36. The van der Waals surface area contributed by atoms with Crippen LogP contribution in [0.2, 0.25) is 0 Å². The first-order valence-electron chi connectivity index (χ1n) is 4.60. The summed E-state index contributed by atoms with van der Waals surface area (Å²) in [5, 5.41) is 0. The molecule has 1 aromatic heterocycles. The average Bonchev–Trinajstić information content (AvgIpc) is 2.30. The van der Waals surface area contributed by atoms with Gasteiger partial charge in [-0.2, -0.15) is 0 Å². The van der Waals surface area contributed by atoms with E-state index in [4.69, 9.17) is 0 Å². The second-order valence-corrected chi connectivity index (χ2v) is 3.53. The van der Waals surface area contributed by atoms with Crippen LogP contribution in [-0.4, -0.2) is 4.98 Å². The molecule has 1 atom stereocenters. The van der Waals surface area contributed by atoms with Crippen molar-refractivity contribution in [3.8, 4) is 11.3 Å². The van der Waals surface area contributed by atoms with Crippen LogP contribution in [0.3, 0.4) is 0 Å². The highest BCUT2D eigenvalue weighted by Gasteiger charge is 1.97. The molecular formula is C12H12NP. The number of pyridine rings is 1. The molecule has 2 aromatic rings. The SMILES string of the molecule is PCc1cccc(-c2ccccn2)c1. The lowest BCUT2D eigenvalue weighted by atomic mass is 10.1. The van der Waals surface area contributed by atoms with Gasteiger partial charge in [0.15, 0.2) is 0 Å². The summed E-state index contributed by atoms with van der Waals surface area (Å²) in [5.74, 6) is 0. The fourth-order valence-corrected chi connectivity index (χ4v) is 1.65. The van der Waals surface area contributed by atoms with Gasteiger partial charge in [0, 0.05) is 11.8 Å². The molecule has 1 aromatic carbocycles. The molecule has 0 aliphatic carbocycles. The molecule has 2 rings (SSSR count). The number of nitrogens with zero attached hydrogens (tertiary/aromatic N) is 1. The van der Waals surface area contributed by atoms with Crippen LogP contribution < -0.4 is 0 Å². The standard InChI is InChI=1S/C12H12NP/c14-9-10-4-3-5-11(8-10)12-6-1-2-7-13-12/h1-8H,9,14H2. The minimum absolute atomic E-state index is 0.987. The van der Waals surface area contributed by atoms with Crippen LogP contribution in [0.5, 0.6) is 0 Å². The molecule has 0 bridgehead atoms. The molecule has 1 nitrogen and oxygen atoms in total. The molecular weight excluding hydrogens is 189 g/mol. The molecule has 0 saturated heterocycles. The Morgan fingerprint density at radius 3 is 2.71 bits per heavy atom. The summed E-state index contributed by atoms with van der Waals surface area (Å²) < 4.78 is 0. The molecule has 1 unspecified atom stereocenters. The normalized spacial score (nSPS) is 10.1. The third-order valence-electron chi connectivity index (χ3n) is 2.12. The van der Waals surface area contributed by atoms with Gasteiger partial charge in [-0.15, -0.1) is 9.24 Å². The molecule has 0 aliphatic rings. The second kappa shape index (κ2) is 4.34. The van der Waals surface area contributed by atoms with E-state index in [9.17, 15) is 0 Å². The summed E-state index contributed by atoms with van der Waals surface area (Å²) in [6.07, 6.45) is 2.81. The maximum atomic E-state index is 4.32. The van der Waals surface area contributed by atoms with Crippen molar-refractivity contribution in [3.63, 3.8) is 0 Å². The van der Waals surface area contributed by atoms with E-state index in [0.717, 1.165) is 11.9 Å². The Kier molecular flexibility index (Phi) is 2.90. The molecule has 0 fully saturated rings. The maximum absolute atomic E-state index is 4.32. The van der Waals surface area contributed by atoms with E-state index in [-0.39, 0.29) is 0 Å². The smallest absolute Gasteiger partial charge is 0.0702 e. The Hall–Kier alpha value is -1.20. The summed E-state index contributed by atoms with van der Waals surface area (Å²) in [4.78, 5) is 4.32. The molecule has 0 spiro atoms. The highest BCUT2D eigenvalue weighted by Crippen LogP contribution is 2.18. The summed E-state index contributed by atoms with van der Waals surface area (Å²) in [7, 11) is 2.73. The lowest BCUT2D eigenvalue weighted by Crippen LogP contribution is -1.83. The Morgan fingerprint density at radius 2 is 2.00 bits per heavy atom. The summed E-state index contributed by atoms with van der Waals surface area (Å²) in [6.45, 7) is 0. The lowest BCUT2D eigenvalue weighted by molar-refractivity contribution is 1.31. The Bertz CT molecular complexity index is 412. The van der Waals surface area contributed by atoms with Gasteiger partial charge in [0.2, 0.25) is 0 Å². The van der Waals surface area contributed by atoms with Crippen molar-refractivity contribution in [2.45, 2.75) is 6.16 Å². The molecule has 14 heavy (non-hydrogen) atoms. The third kappa shape index (κ3) is 2.00. The van der Waals surface area contributed by atoms with Gasteiger partial charge in [-0.25, -0.2) is 0 Å². The topological polar surface area (TPSA) is 12.9 Å². The van der Waals surface area contributed by atoms with Crippen LogP contribution in [0, 0.1) is 0 Å². The first-order valence-corrected chi connectivity index (χ1v) is 5.42. The quantitative estimate of drug-likeness (QED) is 0.680. The zero-order valence-corrected chi connectivity index (χ0v) is 9.01. The third-order valence-corrected chi connectivity index (χ3v) is 2.59. The molecule has 0 radical (unpaired) electrons. The van der Waals surface area contributed by atoms with E-state index < -0.39 is 0 Å². The van der Waals surface area contributed by atoms with Gasteiger partial charge in [0.05, 0.1) is 5.69 Å². The highest BCUT2D eigenvalue weighted by molar-refractivity contribution is 7.15. The second-order valence-electron chi connectivity index (χ2n) is 3.12. The van der Waals surface area contributed by atoms with Gasteiger partial charge >= 0.3 is 0 Å². The van der Waals surface area contributed by atoms with Crippen molar-refractivity contribution in [2.75, 3.05) is 0 Å². The molecule has 0 aliphatic heterocycles. The molecule has 2 heteroatoms. The Morgan fingerprint density at radius 1 is 1.07 bits per heavy atom. The van der Waals surface area contributed by atoms with Gasteiger partial charge in [-0.05, 0) is 29.9 Å². The predicted molar refractivity (Wildman–Crippen MR) is 63.1 cm³/mol. The van der Waals surface area contributed by atoms with E-state index in [1.165, 1.54) is 11.1 Å². The van der Waals surface area contributed by atoms with E-state index in [0.29, 0.717) is 0 Å². The van der Waals surface area contributed by atoms with E-state index in [1.807, 2.05) is 24.4 Å². The highest BCUT2D eigenvalue weighted by atomic mass is 31.0. The molecule has 70 valence electrons. The van der Waals surface area contributed by atoms with Gasteiger partial charge in [0.1, 0.15) is 0 Å². The monoisotopic (exact) mass is 201 g/mol. The van der Waals surface area contributed by atoms with Gasteiger partial charge in [-0.1, -0.05) is 24.3 Å². The van der Waals surface area contributed by atoms with Crippen LogP contribution in [0.15, 0.2) is 48.7 Å². The largest absolute Gasteiger partial charge is 0.256 e. The average molecular weight is 201 g/mol. The van der Waals surface area contributed by atoms with Crippen molar-refractivity contribution in [3.05, 3.63) is 54.2 Å². The van der Waals surface area contributed by atoms with Gasteiger partial charge in [0.25, 0.3) is 0 Å². The number of benzene rings is 1. The number of hydrogen-bond donors (Lipinski definition) is 0. The predicted octanol–water partition coefficient (Wildman–Crippen LogP) is 3.12. The van der Waals surface area contributed by atoms with Crippen molar-refractivity contribution in [1.82, 2.24) is 4.98 Å². The first-order chi connectivity index (χ1) is 6.90. The number of rotatable bonds is 2. The van der Waals surface area contributed by atoms with Crippen molar-refractivity contribution >= 4 is 9.24 Å². The summed E-state index contributed by atoms with van der Waals surface area (Å²) in [5.41, 5.74) is 3.54. The van der Waals surface area contributed by atoms with Crippen LogP contribution in [0.4, 0.5) is 0 Å². The molecule has 0 amide bonds.